The molecule has 17 heavy (non-hydrogen) atoms. The zero-order valence-corrected chi connectivity index (χ0v) is 10.00. The summed E-state index contributed by atoms with van der Waals surface area (Å²) in [6.07, 6.45) is 1.44. The molecule has 0 fully saturated rings. The van der Waals surface area contributed by atoms with Gasteiger partial charge in [0.15, 0.2) is 0 Å². The molecule has 1 aromatic heterocycles. The lowest BCUT2D eigenvalue weighted by Gasteiger charge is -2.07. The Morgan fingerprint density at radius 1 is 1.29 bits per heavy atom. The Bertz CT molecular complexity index is 474. The van der Waals surface area contributed by atoms with Crippen LogP contribution >= 0.6 is 0 Å². The van der Waals surface area contributed by atoms with Gasteiger partial charge in [0.25, 0.3) is 0 Å². The van der Waals surface area contributed by atoms with Crippen molar-refractivity contribution in [3.8, 4) is 5.75 Å². The average Bonchev–Trinajstić information content (AvgIpc) is 2.73. The highest BCUT2D eigenvalue weighted by atomic mass is 16.5. The van der Waals surface area contributed by atoms with E-state index in [1.807, 2.05) is 43.6 Å². The van der Waals surface area contributed by atoms with Crippen molar-refractivity contribution in [2.24, 2.45) is 7.05 Å². The third-order valence-electron chi connectivity index (χ3n) is 2.52. The molecule has 0 aliphatic heterocycles. The summed E-state index contributed by atoms with van der Waals surface area (Å²) in [5.41, 5.74) is 1.78. The molecule has 1 atom stereocenters. The van der Waals surface area contributed by atoms with Gasteiger partial charge in [-0.1, -0.05) is 12.1 Å². The molecule has 0 aliphatic carbocycles. The van der Waals surface area contributed by atoms with E-state index in [1.54, 1.807) is 11.6 Å². The number of rotatable bonds is 4. The van der Waals surface area contributed by atoms with Crippen molar-refractivity contribution in [3.63, 3.8) is 0 Å². The first-order valence-corrected chi connectivity index (χ1v) is 5.54. The van der Waals surface area contributed by atoms with Crippen molar-refractivity contribution >= 4 is 0 Å². The normalized spacial score (nSPS) is 12.4. The number of benzene rings is 1. The van der Waals surface area contributed by atoms with Crippen LogP contribution in [0.1, 0.15) is 24.3 Å². The molecule has 1 aromatic carbocycles. The summed E-state index contributed by atoms with van der Waals surface area (Å²) in [7, 11) is 1.88. The predicted octanol–water partition coefficient (Wildman–Crippen LogP) is 2.05. The second-order valence-electron chi connectivity index (χ2n) is 4.01. The van der Waals surface area contributed by atoms with Crippen LogP contribution in [0.25, 0.3) is 0 Å². The van der Waals surface area contributed by atoms with E-state index in [0.29, 0.717) is 6.61 Å². The lowest BCUT2D eigenvalue weighted by atomic mass is 10.1. The number of ether oxygens (including phenoxy) is 1. The van der Waals surface area contributed by atoms with E-state index < -0.39 is 6.10 Å². The van der Waals surface area contributed by atoms with Crippen LogP contribution in [0.2, 0.25) is 0 Å². The monoisotopic (exact) mass is 232 g/mol. The van der Waals surface area contributed by atoms with Crippen LogP contribution in [0.5, 0.6) is 5.75 Å². The largest absolute Gasteiger partial charge is 0.487 e. The summed E-state index contributed by atoms with van der Waals surface area (Å²) in [6.45, 7) is 2.19. The Morgan fingerprint density at radius 3 is 2.53 bits per heavy atom. The second-order valence-corrected chi connectivity index (χ2v) is 4.01. The quantitative estimate of drug-likeness (QED) is 0.877. The van der Waals surface area contributed by atoms with Crippen LogP contribution in [0.3, 0.4) is 0 Å². The zero-order valence-electron chi connectivity index (χ0n) is 10.00. The molecule has 0 radical (unpaired) electrons. The molecule has 1 heterocycles. The third kappa shape index (κ3) is 3.07. The number of hydrogen-bond donors (Lipinski definition) is 1. The summed E-state index contributed by atoms with van der Waals surface area (Å²) in [5.74, 6) is 0.778. The van der Waals surface area contributed by atoms with E-state index >= 15 is 0 Å². The van der Waals surface area contributed by atoms with Crippen molar-refractivity contribution in [2.75, 3.05) is 0 Å². The molecule has 0 amide bonds. The van der Waals surface area contributed by atoms with Gasteiger partial charge < -0.3 is 9.84 Å². The molecular formula is C13H16N2O2. The first kappa shape index (κ1) is 11.7. The fourth-order valence-corrected chi connectivity index (χ4v) is 1.54. The lowest BCUT2D eigenvalue weighted by Crippen LogP contribution is -1.98. The number of aromatic nitrogens is 2. The summed E-state index contributed by atoms with van der Waals surface area (Å²) in [4.78, 5) is 0. The van der Waals surface area contributed by atoms with Crippen LogP contribution in [-0.2, 0) is 13.7 Å². The first-order chi connectivity index (χ1) is 8.15. The van der Waals surface area contributed by atoms with Crippen LogP contribution in [0.15, 0.2) is 36.5 Å². The number of nitrogens with zero attached hydrogens (tertiary/aromatic N) is 2. The smallest absolute Gasteiger partial charge is 0.132 e. The molecule has 0 saturated heterocycles. The first-order valence-electron chi connectivity index (χ1n) is 5.54. The number of aliphatic hydroxyl groups excluding tert-OH is 1. The molecular weight excluding hydrogens is 216 g/mol. The Labute approximate surface area is 100 Å². The summed E-state index contributed by atoms with van der Waals surface area (Å²) < 4.78 is 7.33. The van der Waals surface area contributed by atoms with Crippen LogP contribution in [-0.4, -0.2) is 14.9 Å². The van der Waals surface area contributed by atoms with Gasteiger partial charge in [-0.2, -0.15) is 5.10 Å². The highest BCUT2D eigenvalue weighted by Crippen LogP contribution is 2.17. The van der Waals surface area contributed by atoms with E-state index in [0.717, 1.165) is 17.0 Å². The fraction of sp³-hybridized carbons (Fsp3) is 0.308. The molecule has 0 saturated carbocycles. The molecule has 2 aromatic rings. The number of aliphatic hydroxyl groups is 1. The zero-order chi connectivity index (χ0) is 12.3. The highest BCUT2D eigenvalue weighted by Gasteiger charge is 2.02. The predicted molar refractivity (Wildman–Crippen MR) is 64.6 cm³/mol. The molecule has 0 spiro atoms. The topological polar surface area (TPSA) is 47.3 Å². The SMILES string of the molecule is C[C@@H](O)c1ccc(OCc2ccn(C)n2)cc1. The van der Waals surface area contributed by atoms with Gasteiger partial charge in [0.2, 0.25) is 0 Å². The Hall–Kier alpha value is -1.81. The van der Waals surface area contributed by atoms with Crippen molar-refractivity contribution < 1.29 is 9.84 Å². The fourth-order valence-electron chi connectivity index (χ4n) is 1.54. The molecule has 0 unspecified atom stereocenters. The Balaban J connectivity index is 1.95. The summed E-state index contributed by atoms with van der Waals surface area (Å²) in [6, 6.07) is 9.34. The van der Waals surface area contributed by atoms with Gasteiger partial charge in [0, 0.05) is 13.2 Å². The lowest BCUT2D eigenvalue weighted by molar-refractivity contribution is 0.199. The Kier molecular flexibility index (Phi) is 3.44. The van der Waals surface area contributed by atoms with Gasteiger partial charge >= 0.3 is 0 Å². The van der Waals surface area contributed by atoms with E-state index in [4.69, 9.17) is 4.74 Å². The highest BCUT2D eigenvalue weighted by molar-refractivity contribution is 5.28. The van der Waals surface area contributed by atoms with Crippen molar-refractivity contribution in [1.82, 2.24) is 9.78 Å². The summed E-state index contributed by atoms with van der Waals surface area (Å²) in [5, 5.41) is 13.6. The van der Waals surface area contributed by atoms with Crippen LogP contribution in [0.4, 0.5) is 0 Å². The van der Waals surface area contributed by atoms with E-state index in [1.165, 1.54) is 0 Å². The third-order valence-corrected chi connectivity index (χ3v) is 2.52. The minimum Gasteiger partial charge on any atom is -0.487 e. The minimum absolute atomic E-state index is 0.445. The molecule has 0 bridgehead atoms. The molecule has 2 rings (SSSR count). The van der Waals surface area contributed by atoms with Gasteiger partial charge in [-0.05, 0) is 30.7 Å². The molecule has 4 heteroatoms. The number of aryl methyl sites for hydroxylation is 1. The molecule has 90 valence electrons. The Morgan fingerprint density at radius 2 is 2.00 bits per heavy atom. The van der Waals surface area contributed by atoms with Crippen LogP contribution in [0, 0.1) is 0 Å². The maximum absolute atomic E-state index is 9.37. The number of hydrogen-bond acceptors (Lipinski definition) is 3. The van der Waals surface area contributed by atoms with Gasteiger partial charge in [0.05, 0.1) is 11.8 Å². The van der Waals surface area contributed by atoms with E-state index in [2.05, 4.69) is 5.10 Å². The van der Waals surface area contributed by atoms with Gasteiger partial charge in [-0.25, -0.2) is 0 Å². The molecule has 0 aliphatic rings. The average molecular weight is 232 g/mol. The van der Waals surface area contributed by atoms with Crippen molar-refractivity contribution in [2.45, 2.75) is 19.6 Å². The van der Waals surface area contributed by atoms with Gasteiger partial charge in [-0.15, -0.1) is 0 Å². The van der Waals surface area contributed by atoms with E-state index in [-0.39, 0.29) is 0 Å². The minimum atomic E-state index is -0.445. The van der Waals surface area contributed by atoms with E-state index in [9.17, 15) is 5.11 Å². The van der Waals surface area contributed by atoms with Gasteiger partial charge in [-0.3, -0.25) is 4.68 Å². The van der Waals surface area contributed by atoms with Gasteiger partial charge in [0.1, 0.15) is 12.4 Å². The van der Waals surface area contributed by atoms with Crippen molar-refractivity contribution in [3.05, 3.63) is 47.8 Å². The molecule has 4 nitrogen and oxygen atoms in total. The maximum Gasteiger partial charge on any atom is 0.132 e. The van der Waals surface area contributed by atoms with Crippen LogP contribution < -0.4 is 4.74 Å². The summed E-state index contributed by atoms with van der Waals surface area (Å²) >= 11 is 0. The standard InChI is InChI=1S/C13H16N2O2/c1-10(16)11-3-5-13(6-4-11)17-9-12-7-8-15(2)14-12/h3-8,10,16H,9H2,1-2H3/t10-/m1/s1. The maximum atomic E-state index is 9.37. The second kappa shape index (κ2) is 5.01. The molecule has 1 N–H and O–H groups in total. The van der Waals surface area contributed by atoms with Crippen molar-refractivity contribution in [1.29, 1.82) is 0 Å².